The van der Waals surface area contributed by atoms with Gasteiger partial charge < -0.3 is 0 Å². The van der Waals surface area contributed by atoms with Crippen molar-refractivity contribution in [3.63, 3.8) is 0 Å². The van der Waals surface area contributed by atoms with Crippen molar-refractivity contribution >= 4 is 24.0 Å². The highest BCUT2D eigenvalue weighted by atomic mass is 32.2. The lowest BCUT2D eigenvalue weighted by Gasteiger charge is -2.29. The second-order valence-corrected chi connectivity index (χ2v) is 6.31. The molecule has 0 aromatic rings. The molecule has 80 valence electrons. The Hall–Kier alpha value is 0.420. The van der Waals surface area contributed by atoms with E-state index in [1.165, 1.54) is 6.42 Å². The highest BCUT2D eigenvalue weighted by molar-refractivity contribution is 7.81. The molecule has 7 atom stereocenters. The molecule has 7 unspecified atom stereocenters. The van der Waals surface area contributed by atoms with Crippen molar-refractivity contribution in [3.8, 4) is 0 Å². The van der Waals surface area contributed by atoms with Gasteiger partial charge in [-0.15, -0.1) is 0 Å². The molecule has 0 aromatic carbocycles. The Bertz CT molecular complexity index is 308. The van der Waals surface area contributed by atoms with Crippen LogP contribution in [0.5, 0.6) is 0 Å². The first-order chi connectivity index (χ1) is 6.54. The van der Waals surface area contributed by atoms with E-state index in [0.29, 0.717) is 17.3 Å². The summed E-state index contributed by atoms with van der Waals surface area (Å²) in [5.74, 6) is 1.79. The van der Waals surface area contributed by atoms with Crippen molar-refractivity contribution in [1.82, 2.24) is 0 Å². The summed E-state index contributed by atoms with van der Waals surface area (Å²) in [6.45, 7) is 2.32. The van der Waals surface area contributed by atoms with Crippen LogP contribution in [0.4, 0.5) is 0 Å². The molecule has 3 aliphatic rings. The fraction of sp³-hybridized carbons (Fsp3) is 1.00. The van der Waals surface area contributed by atoms with Crippen LogP contribution < -0.4 is 0 Å². The third-order valence-corrected chi connectivity index (χ3v) is 5.64. The molecule has 0 radical (unpaired) electrons. The van der Waals surface area contributed by atoms with Gasteiger partial charge in [-0.1, -0.05) is 6.92 Å². The summed E-state index contributed by atoms with van der Waals surface area (Å²) in [7, 11) is 0. The standard InChI is InChI=1S/C9H14O3S2/c1-9-3-6(9)4-2-5(9)8(13)7(4)12-14(10)11/h4-8,13H,2-3H2,1H3,(H,10,11). The van der Waals surface area contributed by atoms with Gasteiger partial charge in [-0.05, 0) is 36.0 Å². The fourth-order valence-electron chi connectivity index (χ4n) is 3.81. The van der Waals surface area contributed by atoms with Gasteiger partial charge in [0.15, 0.2) is 0 Å². The Morgan fingerprint density at radius 3 is 2.86 bits per heavy atom. The van der Waals surface area contributed by atoms with Gasteiger partial charge in [-0.2, -0.15) is 16.8 Å². The van der Waals surface area contributed by atoms with Crippen LogP contribution in [0.3, 0.4) is 0 Å². The van der Waals surface area contributed by atoms with E-state index in [0.717, 1.165) is 12.3 Å². The minimum atomic E-state index is -2.14. The second kappa shape index (κ2) is 2.75. The molecule has 3 aliphatic carbocycles. The number of thiol groups is 1. The topological polar surface area (TPSA) is 46.5 Å². The predicted octanol–water partition coefficient (Wildman–Crippen LogP) is 1.48. The SMILES string of the molecule is CC12CC1C1CC2C(S)C1OS(=O)O. The van der Waals surface area contributed by atoms with Crippen LogP contribution in [0.15, 0.2) is 0 Å². The molecule has 3 rings (SSSR count). The number of hydrogen-bond acceptors (Lipinski definition) is 3. The van der Waals surface area contributed by atoms with Gasteiger partial charge in [-0.25, -0.2) is 0 Å². The minimum Gasteiger partial charge on any atom is -0.284 e. The normalized spacial score (nSPS) is 61.2. The molecule has 0 aliphatic heterocycles. The van der Waals surface area contributed by atoms with E-state index >= 15 is 0 Å². The molecule has 0 heterocycles. The van der Waals surface area contributed by atoms with E-state index in [1.807, 2.05) is 0 Å². The summed E-state index contributed by atoms with van der Waals surface area (Å²) in [6.07, 6.45) is 2.30. The average Bonchev–Trinajstić information content (AvgIpc) is 2.57. The summed E-state index contributed by atoms with van der Waals surface area (Å²) in [4.78, 5) is 0. The van der Waals surface area contributed by atoms with Gasteiger partial charge in [0.05, 0.1) is 6.10 Å². The first-order valence-electron chi connectivity index (χ1n) is 5.00. The van der Waals surface area contributed by atoms with E-state index in [-0.39, 0.29) is 11.4 Å². The van der Waals surface area contributed by atoms with E-state index < -0.39 is 11.4 Å². The van der Waals surface area contributed by atoms with E-state index in [9.17, 15) is 4.21 Å². The summed E-state index contributed by atoms with van der Waals surface area (Å²) >= 11 is 2.40. The first-order valence-corrected chi connectivity index (χ1v) is 6.55. The quantitative estimate of drug-likeness (QED) is 0.562. The molecule has 2 bridgehead atoms. The Morgan fingerprint density at radius 2 is 2.29 bits per heavy atom. The molecule has 0 spiro atoms. The van der Waals surface area contributed by atoms with Gasteiger partial charge in [0, 0.05) is 5.25 Å². The molecule has 3 fully saturated rings. The maximum absolute atomic E-state index is 10.6. The molecular weight excluding hydrogens is 220 g/mol. The highest BCUT2D eigenvalue weighted by Gasteiger charge is 2.72. The van der Waals surface area contributed by atoms with Crippen LogP contribution in [-0.4, -0.2) is 20.1 Å². The highest BCUT2D eigenvalue weighted by Crippen LogP contribution is 2.75. The lowest BCUT2D eigenvalue weighted by atomic mass is 9.87. The van der Waals surface area contributed by atoms with Crippen LogP contribution >= 0.6 is 12.6 Å². The van der Waals surface area contributed by atoms with Crippen molar-refractivity contribution in [2.75, 3.05) is 0 Å². The minimum absolute atomic E-state index is 0.102. The maximum Gasteiger partial charge on any atom is 0.302 e. The monoisotopic (exact) mass is 234 g/mol. The number of rotatable bonds is 2. The lowest BCUT2D eigenvalue weighted by molar-refractivity contribution is 0.128. The Morgan fingerprint density at radius 1 is 1.57 bits per heavy atom. The first kappa shape index (κ1) is 9.63. The lowest BCUT2D eigenvalue weighted by Crippen LogP contribution is -2.35. The molecular formula is C9H14O3S2. The van der Waals surface area contributed by atoms with Crippen LogP contribution in [0.2, 0.25) is 0 Å². The summed E-state index contributed by atoms with van der Waals surface area (Å²) in [5, 5.41) is 0.153. The number of hydrogen-bond donors (Lipinski definition) is 2. The number of fused-ring (bicyclic) bond motifs is 5. The Balaban J connectivity index is 1.82. The molecule has 5 heteroatoms. The molecule has 0 saturated heterocycles. The molecule has 3 saturated carbocycles. The smallest absolute Gasteiger partial charge is 0.284 e. The summed E-state index contributed by atoms with van der Waals surface area (Å²) in [6, 6.07) is 0. The van der Waals surface area contributed by atoms with Crippen molar-refractivity contribution in [2.24, 2.45) is 23.2 Å². The van der Waals surface area contributed by atoms with Gasteiger partial charge in [0.25, 0.3) is 0 Å². The second-order valence-electron chi connectivity index (χ2n) is 5.09. The molecule has 14 heavy (non-hydrogen) atoms. The zero-order valence-corrected chi connectivity index (χ0v) is 9.63. The van der Waals surface area contributed by atoms with E-state index in [2.05, 4.69) is 19.6 Å². The fourth-order valence-corrected chi connectivity index (χ4v) is 5.09. The molecule has 1 N–H and O–H groups in total. The van der Waals surface area contributed by atoms with Crippen LogP contribution in [0, 0.1) is 23.2 Å². The van der Waals surface area contributed by atoms with Gasteiger partial charge in [-0.3, -0.25) is 8.74 Å². The molecule has 0 aromatic heterocycles. The zero-order valence-electron chi connectivity index (χ0n) is 7.92. The van der Waals surface area contributed by atoms with Crippen LogP contribution in [-0.2, 0) is 15.5 Å². The Labute approximate surface area is 91.5 Å². The largest absolute Gasteiger partial charge is 0.302 e. The van der Waals surface area contributed by atoms with Gasteiger partial charge >= 0.3 is 11.4 Å². The third-order valence-electron chi connectivity index (χ3n) is 4.60. The zero-order chi connectivity index (χ0) is 10.1. The van der Waals surface area contributed by atoms with Gasteiger partial charge in [0.2, 0.25) is 0 Å². The van der Waals surface area contributed by atoms with Gasteiger partial charge in [0.1, 0.15) is 0 Å². The summed E-state index contributed by atoms with van der Waals surface area (Å²) < 4.78 is 24.4. The van der Waals surface area contributed by atoms with Crippen molar-refractivity contribution in [2.45, 2.75) is 31.1 Å². The third kappa shape index (κ3) is 1.04. The van der Waals surface area contributed by atoms with Crippen LogP contribution in [0.1, 0.15) is 19.8 Å². The predicted molar refractivity (Wildman–Crippen MR) is 56.2 cm³/mol. The van der Waals surface area contributed by atoms with E-state index in [1.54, 1.807) is 0 Å². The van der Waals surface area contributed by atoms with Crippen molar-refractivity contribution < 1.29 is 12.9 Å². The Kier molecular flexibility index (Phi) is 1.89. The molecule has 3 nitrogen and oxygen atoms in total. The van der Waals surface area contributed by atoms with Crippen molar-refractivity contribution in [3.05, 3.63) is 0 Å². The molecule has 0 amide bonds. The average molecular weight is 234 g/mol. The maximum atomic E-state index is 10.6. The van der Waals surface area contributed by atoms with E-state index in [4.69, 9.17) is 8.74 Å². The van der Waals surface area contributed by atoms with Crippen molar-refractivity contribution in [1.29, 1.82) is 0 Å². The summed E-state index contributed by atoms with van der Waals surface area (Å²) in [5.41, 5.74) is 0.480. The van der Waals surface area contributed by atoms with Crippen LogP contribution in [0.25, 0.3) is 0 Å².